The van der Waals surface area contributed by atoms with Gasteiger partial charge in [0.05, 0.1) is 16.4 Å². The third-order valence-electron chi connectivity index (χ3n) is 4.41. The van der Waals surface area contributed by atoms with E-state index in [0.29, 0.717) is 0 Å². The molecule has 1 aromatic carbocycles. The lowest BCUT2D eigenvalue weighted by atomic mass is 9.99. The number of fused-ring (bicyclic) bond motifs is 1. The van der Waals surface area contributed by atoms with Crippen molar-refractivity contribution >= 4 is 22.6 Å². The molecule has 1 fully saturated rings. The van der Waals surface area contributed by atoms with E-state index in [0.717, 1.165) is 11.3 Å². The fourth-order valence-electron chi connectivity index (χ4n) is 3.40. The van der Waals surface area contributed by atoms with Crippen LogP contribution in [0.1, 0.15) is 56.3 Å². The quantitative estimate of drug-likeness (QED) is 0.711. The molecule has 0 saturated heterocycles. The lowest BCUT2D eigenvalue weighted by molar-refractivity contribution is 0.328. The SMILES string of the molecule is Cc1ccc2nc(C(C)Cl)n(C3(C)CCCC3)c2c1. The first kappa shape index (κ1) is 13.0. The summed E-state index contributed by atoms with van der Waals surface area (Å²) in [5.41, 5.74) is 3.78. The number of nitrogens with zero attached hydrogens (tertiary/aromatic N) is 2. The number of benzene rings is 1. The summed E-state index contributed by atoms with van der Waals surface area (Å²) in [5, 5.41) is -0.0508. The number of halogens is 1. The molecule has 0 N–H and O–H groups in total. The van der Waals surface area contributed by atoms with E-state index in [4.69, 9.17) is 16.6 Å². The summed E-state index contributed by atoms with van der Waals surface area (Å²) in [5.74, 6) is 1.02. The molecule has 1 aliphatic rings. The molecular weight excluding hydrogens is 256 g/mol. The molecule has 2 nitrogen and oxygen atoms in total. The highest BCUT2D eigenvalue weighted by atomic mass is 35.5. The predicted molar refractivity (Wildman–Crippen MR) is 80.9 cm³/mol. The standard InChI is InChI=1S/C16H21ClN2/c1-11-6-7-13-14(10-11)19(15(18-13)12(2)17)16(3)8-4-5-9-16/h6-7,10,12H,4-5,8-9H2,1-3H3. The van der Waals surface area contributed by atoms with Gasteiger partial charge in [0.1, 0.15) is 5.82 Å². The minimum Gasteiger partial charge on any atom is -0.321 e. The fraction of sp³-hybridized carbons (Fsp3) is 0.562. The normalized spacial score (nSPS) is 20.0. The van der Waals surface area contributed by atoms with Crippen molar-refractivity contribution in [1.82, 2.24) is 9.55 Å². The van der Waals surface area contributed by atoms with Crippen molar-refractivity contribution in [1.29, 1.82) is 0 Å². The number of hydrogen-bond donors (Lipinski definition) is 0. The Labute approximate surface area is 119 Å². The van der Waals surface area contributed by atoms with Crippen LogP contribution in [0.4, 0.5) is 0 Å². The summed E-state index contributed by atoms with van der Waals surface area (Å²) in [4.78, 5) is 4.77. The van der Waals surface area contributed by atoms with E-state index in [-0.39, 0.29) is 10.9 Å². The van der Waals surface area contributed by atoms with Crippen LogP contribution in [0.25, 0.3) is 11.0 Å². The van der Waals surface area contributed by atoms with E-state index in [9.17, 15) is 0 Å². The number of aryl methyl sites for hydroxylation is 1. The number of alkyl halides is 1. The Morgan fingerprint density at radius 3 is 2.63 bits per heavy atom. The minimum atomic E-state index is -0.0508. The average Bonchev–Trinajstić information content (AvgIpc) is 2.93. The van der Waals surface area contributed by atoms with Crippen molar-refractivity contribution in [3.8, 4) is 0 Å². The van der Waals surface area contributed by atoms with Gasteiger partial charge in [-0.05, 0) is 51.3 Å². The number of imidazole rings is 1. The Kier molecular flexibility index (Phi) is 3.09. The highest BCUT2D eigenvalue weighted by molar-refractivity contribution is 6.20. The second-order valence-corrected chi connectivity index (χ2v) is 6.77. The molecule has 0 spiro atoms. The van der Waals surface area contributed by atoms with E-state index >= 15 is 0 Å². The molecule has 1 heterocycles. The summed E-state index contributed by atoms with van der Waals surface area (Å²) in [6, 6.07) is 6.48. The monoisotopic (exact) mass is 276 g/mol. The van der Waals surface area contributed by atoms with E-state index in [2.05, 4.69) is 36.6 Å². The molecule has 0 bridgehead atoms. The van der Waals surface area contributed by atoms with Gasteiger partial charge in [-0.2, -0.15) is 0 Å². The van der Waals surface area contributed by atoms with Crippen molar-refractivity contribution in [3.05, 3.63) is 29.6 Å². The Balaban J connectivity index is 2.29. The van der Waals surface area contributed by atoms with Crippen LogP contribution in [0.5, 0.6) is 0 Å². The molecular formula is C16H21ClN2. The van der Waals surface area contributed by atoms with Gasteiger partial charge in [0, 0.05) is 5.54 Å². The van der Waals surface area contributed by atoms with Crippen LogP contribution < -0.4 is 0 Å². The smallest absolute Gasteiger partial charge is 0.128 e. The van der Waals surface area contributed by atoms with Gasteiger partial charge < -0.3 is 4.57 Å². The Bertz CT molecular complexity index is 606. The van der Waals surface area contributed by atoms with Crippen LogP contribution >= 0.6 is 11.6 Å². The first-order chi connectivity index (χ1) is 9.01. The maximum absolute atomic E-state index is 6.38. The van der Waals surface area contributed by atoms with E-state index in [1.807, 2.05) is 6.92 Å². The maximum atomic E-state index is 6.38. The molecule has 0 aliphatic heterocycles. The third kappa shape index (κ3) is 2.06. The maximum Gasteiger partial charge on any atom is 0.128 e. The molecule has 1 atom stereocenters. The van der Waals surface area contributed by atoms with Gasteiger partial charge in [0.15, 0.2) is 0 Å². The zero-order chi connectivity index (χ0) is 13.6. The number of rotatable bonds is 2. The van der Waals surface area contributed by atoms with Crippen LogP contribution in [0, 0.1) is 6.92 Å². The molecule has 3 rings (SSSR count). The second-order valence-electron chi connectivity index (χ2n) is 6.12. The summed E-state index contributed by atoms with van der Waals surface area (Å²) in [7, 11) is 0. The van der Waals surface area contributed by atoms with Gasteiger partial charge in [-0.3, -0.25) is 0 Å². The van der Waals surface area contributed by atoms with Crippen molar-refractivity contribution < 1.29 is 0 Å². The molecule has 0 radical (unpaired) electrons. The van der Waals surface area contributed by atoms with Crippen LogP contribution in [-0.2, 0) is 5.54 Å². The highest BCUT2D eigenvalue weighted by Crippen LogP contribution is 2.41. The summed E-state index contributed by atoms with van der Waals surface area (Å²) < 4.78 is 2.42. The van der Waals surface area contributed by atoms with Crippen molar-refractivity contribution in [2.24, 2.45) is 0 Å². The zero-order valence-corrected chi connectivity index (χ0v) is 12.7. The van der Waals surface area contributed by atoms with Gasteiger partial charge in [0.25, 0.3) is 0 Å². The Hall–Kier alpha value is -1.02. The Morgan fingerprint density at radius 1 is 1.32 bits per heavy atom. The molecule has 1 aromatic heterocycles. The first-order valence-corrected chi connectivity index (χ1v) is 7.58. The zero-order valence-electron chi connectivity index (χ0n) is 11.9. The summed E-state index contributed by atoms with van der Waals surface area (Å²) in [6.45, 7) is 6.51. The number of aromatic nitrogens is 2. The largest absolute Gasteiger partial charge is 0.321 e. The van der Waals surface area contributed by atoms with Crippen LogP contribution in [-0.4, -0.2) is 9.55 Å². The molecule has 19 heavy (non-hydrogen) atoms. The van der Waals surface area contributed by atoms with Crippen LogP contribution in [0.2, 0.25) is 0 Å². The van der Waals surface area contributed by atoms with Crippen LogP contribution in [0.3, 0.4) is 0 Å². The van der Waals surface area contributed by atoms with E-state index < -0.39 is 0 Å². The van der Waals surface area contributed by atoms with Gasteiger partial charge in [0.2, 0.25) is 0 Å². The summed E-state index contributed by atoms with van der Waals surface area (Å²) in [6.07, 6.45) is 5.06. The molecule has 3 heteroatoms. The molecule has 102 valence electrons. The fourth-order valence-corrected chi connectivity index (χ4v) is 3.54. The molecule has 1 aliphatic carbocycles. The second kappa shape index (κ2) is 4.52. The molecule has 2 aromatic rings. The highest BCUT2D eigenvalue weighted by Gasteiger charge is 2.34. The lowest BCUT2D eigenvalue weighted by Crippen LogP contribution is -2.28. The third-order valence-corrected chi connectivity index (χ3v) is 4.61. The first-order valence-electron chi connectivity index (χ1n) is 7.15. The van der Waals surface area contributed by atoms with E-state index in [1.165, 1.54) is 36.8 Å². The van der Waals surface area contributed by atoms with Crippen molar-refractivity contribution in [2.75, 3.05) is 0 Å². The van der Waals surface area contributed by atoms with Gasteiger partial charge in [-0.1, -0.05) is 18.9 Å². The Morgan fingerprint density at radius 2 is 2.00 bits per heavy atom. The predicted octanol–water partition coefficient (Wildman–Crippen LogP) is 4.93. The topological polar surface area (TPSA) is 17.8 Å². The molecule has 1 unspecified atom stereocenters. The van der Waals surface area contributed by atoms with Gasteiger partial charge >= 0.3 is 0 Å². The van der Waals surface area contributed by atoms with E-state index in [1.54, 1.807) is 0 Å². The van der Waals surface area contributed by atoms with Crippen molar-refractivity contribution in [2.45, 2.75) is 57.4 Å². The van der Waals surface area contributed by atoms with Crippen LogP contribution in [0.15, 0.2) is 18.2 Å². The minimum absolute atomic E-state index is 0.0508. The average molecular weight is 277 g/mol. The number of hydrogen-bond acceptors (Lipinski definition) is 1. The van der Waals surface area contributed by atoms with Gasteiger partial charge in [-0.25, -0.2) is 4.98 Å². The molecule has 0 amide bonds. The van der Waals surface area contributed by atoms with Crippen molar-refractivity contribution in [3.63, 3.8) is 0 Å². The molecule has 1 saturated carbocycles. The summed E-state index contributed by atoms with van der Waals surface area (Å²) >= 11 is 6.38. The lowest BCUT2D eigenvalue weighted by Gasteiger charge is -2.29. The van der Waals surface area contributed by atoms with Gasteiger partial charge in [-0.15, -0.1) is 11.6 Å².